The molecule has 4 heteroatoms. The first-order chi connectivity index (χ1) is 7.11. The Hall–Kier alpha value is -1.37. The minimum atomic E-state index is -0.407. The van der Waals surface area contributed by atoms with Crippen molar-refractivity contribution in [2.24, 2.45) is 0 Å². The molecule has 0 spiro atoms. The highest BCUT2D eigenvalue weighted by Crippen LogP contribution is 2.08. The molecule has 0 radical (unpaired) electrons. The third-order valence-electron chi connectivity index (χ3n) is 1.73. The molecule has 0 bridgehead atoms. The lowest BCUT2D eigenvalue weighted by atomic mass is 10.1. The van der Waals surface area contributed by atoms with Gasteiger partial charge in [0.2, 0.25) is 0 Å². The third-order valence-corrected chi connectivity index (χ3v) is 1.87. The molecule has 0 aliphatic carbocycles. The normalized spacial score (nSPS) is 9.67. The van der Waals surface area contributed by atoms with E-state index in [1.807, 2.05) is 6.07 Å². The van der Waals surface area contributed by atoms with E-state index >= 15 is 0 Å². The predicted molar refractivity (Wildman–Crippen MR) is 57.8 cm³/mol. The SMILES string of the molecule is C=C(Cl)CNCc1cc(F)cc(C#N)c1. The number of nitriles is 1. The maximum Gasteiger partial charge on any atom is 0.124 e. The molecule has 1 aromatic carbocycles. The Morgan fingerprint density at radius 3 is 2.87 bits per heavy atom. The van der Waals surface area contributed by atoms with Crippen molar-refractivity contribution in [3.8, 4) is 6.07 Å². The highest BCUT2D eigenvalue weighted by molar-refractivity contribution is 6.29. The zero-order valence-corrected chi connectivity index (χ0v) is 8.81. The maximum atomic E-state index is 13.0. The molecule has 0 aliphatic heterocycles. The molecule has 15 heavy (non-hydrogen) atoms. The summed E-state index contributed by atoms with van der Waals surface area (Å²) in [5.74, 6) is -0.407. The van der Waals surface area contributed by atoms with Crippen LogP contribution in [0.2, 0.25) is 0 Å². The van der Waals surface area contributed by atoms with E-state index in [-0.39, 0.29) is 0 Å². The summed E-state index contributed by atoms with van der Waals surface area (Å²) >= 11 is 5.55. The van der Waals surface area contributed by atoms with Crippen LogP contribution in [0.1, 0.15) is 11.1 Å². The van der Waals surface area contributed by atoms with Gasteiger partial charge in [-0.3, -0.25) is 0 Å². The first kappa shape index (κ1) is 11.7. The summed E-state index contributed by atoms with van der Waals surface area (Å²) in [7, 11) is 0. The maximum absolute atomic E-state index is 13.0. The first-order valence-corrected chi connectivity index (χ1v) is 4.73. The number of nitrogens with zero attached hydrogens (tertiary/aromatic N) is 1. The number of halogens is 2. The predicted octanol–water partition coefficient (Wildman–Crippen LogP) is 2.54. The van der Waals surface area contributed by atoms with Gasteiger partial charge in [-0.1, -0.05) is 18.2 Å². The third kappa shape index (κ3) is 4.11. The molecule has 0 saturated carbocycles. The van der Waals surface area contributed by atoms with Crippen molar-refractivity contribution in [1.82, 2.24) is 5.32 Å². The van der Waals surface area contributed by atoms with Crippen LogP contribution in [0.15, 0.2) is 29.8 Å². The van der Waals surface area contributed by atoms with Crippen LogP contribution >= 0.6 is 11.6 Å². The van der Waals surface area contributed by atoms with Gasteiger partial charge in [-0.05, 0) is 23.8 Å². The van der Waals surface area contributed by atoms with Gasteiger partial charge in [-0.15, -0.1) is 0 Å². The largest absolute Gasteiger partial charge is 0.308 e. The Morgan fingerprint density at radius 2 is 2.27 bits per heavy atom. The second-order valence-electron chi connectivity index (χ2n) is 3.08. The lowest BCUT2D eigenvalue weighted by molar-refractivity contribution is 0.622. The number of hydrogen-bond donors (Lipinski definition) is 1. The Labute approximate surface area is 93.0 Å². The molecular weight excluding hydrogens is 215 g/mol. The molecule has 1 N–H and O–H groups in total. The fourth-order valence-electron chi connectivity index (χ4n) is 1.16. The molecule has 0 fully saturated rings. The fourth-order valence-corrected chi connectivity index (χ4v) is 1.25. The van der Waals surface area contributed by atoms with Gasteiger partial charge in [0.05, 0.1) is 11.6 Å². The van der Waals surface area contributed by atoms with Gasteiger partial charge in [-0.2, -0.15) is 5.26 Å². The second kappa shape index (κ2) is 5.50. The van der Waals surface area contributed by atoms with Gasteiger partial charge in [0.1, 0.15) is 5.82 Å². The summed E-state index contributed by atoms with van der Waals surface area (Å²) < 4.78 is 13.0. The van der Waals surface area contributed by atoms with Crippen LogP contribution in [-0.2, 0) is 6.54 Å². The van der Waals surface area contributed by atoms with E-state index in [0.29, 0.717) is 29.2 Å². The summed E-state index contributed by atoms with van der Waals surface area (Å²) in [5.41, 5.74) is 1.03. The van der Waals surface area contributed by atoms with E-state index in [1.54, 1.807) is 6.07 Å². The van der Waals surface area contributed by atoms with Gasteiger partial charge >= 0.3 is 0 Å². The topological polar surface area (TPSA) is 35.8 Å². The van der Waals surface area contributed by atoms with Crippen molar-refractivity contribution < 1.29 is 4.39 Å². The molecule has 0 amide bonds. The summed E-state index contributed by atoms with van der Waals surface area (Å²) in [6, 6.07) is 6.11. The molecule has 0 aromatic heterocycles. The molecule has 0 unspecified atom stereocenters. The zero-order valence-electron chi connectivity index (χ0n) is 8.06. The summed E-state index contributed by atoms with van der Waals surface area (Å²) in [6.45, 7) is 4.43. The van der Waals surface area contributed by atoms with Crippen molar-refractivity contribution in [1.29, 1.82) is 5.26 Å². The van der Waals surface area contributed by atoms with E-state index in [9.17, 15) is 4.39 Å². The second-order valence-corrected chi connectivity index (χ2v) is 3.62. The fraction of sp³-hybridized carbons (Fsp3) is 0.182. The average Bonchev–Trinajstić information content (AvgIpc) is 2.16. The van der Waals surface area contributed by atoms with Crippen LogP contribution in [0, 0.1) is 17.1 Å². The van der Waals surface area contributed by atoms with Crippen LogP contribution in [-0.4, -0.2) is 6.54 Å². The minimum Gasteiger partial charge on any atom is -0.308 e. The van der Waals surface area contributed by atoms with Crippen molar-refractivity contribution in [3.05, 3.63) is 46.8 Å². The number of nitrogens with one attached hydrogen (secondary N) is 1. The smallest absolute Gasteiger partial charge is 0.124 e. The van der Waals surface area contributed by atoms with Crippen LogP contribution in [0.25, 0.3) is 0 Å². The number of hydrogen-bond acceptors (Lipinski definition) is 2. The van der Waals surface area contributed by atoms with Gasteiger partial charge in [0, 0.05) is 18.1 Å². The van der Waals surface area contributed by atoms with Crippen LogP contribution < -0.4 is 5.32 Å². The molecule has 0 aliphatic rings. The Morgan fingerprint density at radius 1 is 1.53 bits per heavy atom. The molecule has 78 valence electrons. The van der Waals surface area contributed by atoms with E-state index in [2.05, 4.69) is 11.9 Å². The highest BCUT2D eigenvalue weighted by Gasteiger charge is 2.00. The van der Waals surface area contributed by atoms with Gasteiger partial charge in [0.25, 0.3) is 0 Å². The molecule has 0 heterocycles. The summed E-state index contributed by atoms with van der Waals surface area (Å²) in [6.07, 6.45) is 0. The molecule has 1 rings (SSSR count). The van der Waals surface area contributed by atoms with E-state index in [0.717, 1.165) is 0 Å². The van der Waals surface area contributed by atoms with Crippen LogP contribution in [0.5, 0.6) is 0 Å². The quantitative estimate of drug-likeness (QED) is 0.853. The lowest BCUT2D eigenvalue weighted by Crippen LogP contribution is -2.14. The van der Waals surface area contributed by atoms with Crippen LogP contribution in [0.3, 0.4) is 0 Å². The number of benzene rings is 1. The minimum absolute atomic E-state index is 0.316. The Balaban J connectivity index is 2.65. The molecule has 1 aromatic rings. The highest BCUT2D eigenvalue weighted by atomic mass is 35.5. The Bertz CT molecular complexity index is 410. The standard InChI is InChI=1S/C11H10ClFN2/c1-8(12)6-15-7-10-2-9(5-14)3-11(13)4-10/h2-4,15H,1,6-7H2. The van der Waals surface area contributed by atoms with E-state index < -0.39 is 5.82 Å². The van der Waals surface area contributed by atoms with Crippen molar-refractivity contribution in [2.75, 3.05) is 6.54 Å². The van der Waals surface area contributed by atoms with Crippen LogP contribution in [0.4, 0.5) is 4.39 Å². The monoisotopic (exact) mass is 224 g/mol. The van der Waals surface area contributed by atoms with E-state index in [4.69, 9.17) is 16.9 Å². The zero-order chi connectivity index (χ0) is 11.3. The first-order valence-electron chi connectivity index (χ1n) is 4.35. The van der Waals surface area contributed by atoms with Crippen molar-refractivity contribution >= 4 is 11.6 Å². The van der Waals surface area contributed by atoms with Crippen molar-refractivity contribution in [3.63, 3.8) is 0 Å². The molecule has 0 saturated heterocycles. The lowest BCUT2D eigenvalue weighted by Gasteiger charge is -2.04. The molecule has 0 atom stereocenters. The van der Waals surface area contributed by atoms with Gasteiger partial charge < -0.3 is 5.32 Å². The number of rotatable bonds is 4. The summed E-state index contributed by atoms with van der Waals surface area (Å²) in [5, 5.41) is 12.1. The van der Waals surface area contributed by atoms with Gasteiger partial charge in [-0.25, -0.2) is 4.39 Å². The average molecular weight is 225 g/mol. The summed E-state index contributed by atoms with van der Waals surface area (Å²) in [4.78, 5) is 0. The Kier molecular flexibility index (Phi) is 4.29. The van der Waals surface area contributed by atoms with Crippen molar-refractivity contribution in [2.45, 2.75) is 6.54 Å². The van der Waals surface area contributed by atoms with Gasteiger partial charge in [0.15, 0.2) is 0 Å². The molecular formula is C11H10ClFN2. The molecule has 2 nitrogen and oxygen atoms in total. The van der Waals surface area contributed by atoms with E-state index in [1.165, 1.54) is 12.1 Å².